The number of rotatable bonds is 30. The first-order valence-corrected chi connectivity index (χ1v) is 31.8. The van der Waals surface area contributed by atoms with E-state index in [0.717, 1.165) is 17.2 Å². The van der Waals surface area contributed by atoms with Crippen LogP contribution in [0.25, 0.3) is 0 Å². The molecule has 0 unspecified atom stereocenters. The zero-order valence-corrected chi connectivity index (χ0v) is 53.8. The van der Waals surface area contributed by atoms with Crippen molar-refractivity contribution in [3.05, 3.63) is 207 Å². The molecule has 96 heavy (non-hydrogen) atoms. The van der Waals surface area contributed by atoms with Crippen LogP contribution in [0, 0.1) is 10.1 Å². The summed E-state index contributed by atoms with van der Waals surface area (Å²) < 4.78 is 40.5. The average Bonchev–Trinajstić information content (AvgIpc) is 1.56. The third-order valence-corrected chi connectivity index (χ3v) is 17.7. The van der Waals surface area contributed by atoms with E-state index in [4.69, 9.17) is 4.74 Å². The van der Waals surface area contributed by atoms with Gasteiger partial charge in [0.25, 0.3) is 35.2 Å². The van der Waals surface area contributed by atoms with Crippen LogP contribution in [0.4, 0.5) is 28.6 Å². The number of benzene rings is 4. The third-order valence-electron chi connectivity index (χ3n) is 15.7. The molecule has 8 N–H and O–H groups in total. The van der Waals surface area contributed by atoms with E-state index in [1.54, 1.807) is 34.4 Å². The number of nitrogens with one attached hydrogen (secondary N) is 8. The second kappa shape index (κ2) is 30.9. The summed E-state index contributed by atoms with van der Waals surface area (Å²) >= 11 is 0. The smallest absolute Gasteiger partial charge is 0.354 e. The number of carbonyl (C=O) groups is 9. The summed E-state index contributed by atoms with van der Waals surface area (Å²) in [6.45, 7) is -0.0478. The lowest BCUT2D eigenvalue weighted by molar-refractivity contribution is -0.387. The highest BCUT2D eigenvalue weighted by Gasteiger charge is 2.48. The summed E-state index contributed by atoms with van der Waals surface area (Å²) in [7, 11) is 3.25. The Kier molecular flexibility index (Phi) is 22.2. The Balaban J connectivity index is 0.717. The average molecular weight is 1330 g/mol. The van der Waals surface area contributed by atoms with Crippen molar-refractivity contribution in [1.82, 2.24) is 48.8 Å². The van der Waals surface area contributed by atoms with Crippen molar-refractivity contribution >= 4 is 91.8 Å². The number of carbonyl (C=O) groups excluding carboxylic acids is 9. The largest absolute Gasteiger partial charge is 0.464 e. The van der Waals surface area contributed by atoms with Gasteiger partial charge in [0.05, 0.1) is 29.1 Å². The molecule has 4 heterocycles. The number of imidazole rings is 1. The number of unbranched alkanes of at least 4 members (excludes halogenated alkanes) is 1. The van der Waals surface area contributed by atoms with Gasteiger partial charge < -0.3 is 65.5 Å². The molecule has 500 valence electrons. The quantitative estimate of drug-likeness (QED) is 0.0111. The first-order chi connectivity index (χ1) is 46.0. The molecule has 8 aromatic rings. The Morgan fingerprint density at radius 3 is 1.85 bits per heavy atom. The molecule has 8 amide bonds. The lowest BCUT2D eigenvalue weighted by atomic mass is 10.1. The van der Waals surface area contributed by atoms with E-state index in [9.17, 15) is 61.7 Å². The van der Waals surface area contributed by atoms with E-state index in [1.165, 1.54) is 109 Å². The lowest BCUT2D eigenvalue weighted by Crippen LogP contribution is -2.46. The predicted octanol–water partition coefficient (Wildman–Crippen LogP) is 5.98. The minimum absolute atomic E-state index is 0.0230. The fourth-order valence-corrected chi connectivity index (χ4v) is 12.7. The number of aryl methyl sites for hydroxylation is 4. The fraction of sp³-hybridized carbons (Fsp3) is 0.273. The number of nitro groups is 1. The summed E-state index contributed by atoms with van der Waals surface area (Å²) in [6.07, 6.45) is 6.77. The molecule has 4 aromatic heterocycles. The van der Waals surface area contributed by atoms with Crippen LogP contribution >= 0.6 is 0 Å². The molecule has 0 spiro atoms. The molecule has 0 aliphatic heterocycles. The Morgan fingerprint density at radius 1 is 0.615 bits per heavy atom. The first kappa shape index (κ1) is 68.8. The lowest BCUT2D eigenvalue weighted by Gasteiger charge is -2.24. The van der Waals surface area contributed by atoms with Gasteiger partial charge in [0.2, 0.25) is 33.6 Å². The van der Waals surface area contributed by atoms with Gasteiger partial charge in [0.15, 0.2) is 10.7 Å². The molecule has 0 saturated heterocycles. The van der Waals surface area contributed by atoms with E-state index in [1.807, 2.05) is 60.7 Å². The first-order valence-electron chi connectivity index (χ1n) is 30.4. The number of methoxy groups -OCH3 is 1. The topological polar surface area (TPSA) is 372 Å². The van der Waals surface area contributed by atoms with E-state index < -0.39 is 90.8 Å². The standard InChI is InChI=1S/C66H71N15O14S/c1-76-37-45(32-53(76)64(88)75-56-40-79(4)59(74-56)65(89)72-46-33-52(77(2)38-46)63(87)71-47-34-54(66(90)95-5)78(3)39-47)70-58(83)27-28-67-57(82)26-29-68-60(84)43-21-16-22-44(31-43)61(85)73-49(62(86)69-36-41-17-8-6-9-18-41)23-14-15-30-80(51-35-48(51)42-19-10-7-11-20-42)96(93,94)55-25-13-12-24-50(55)81(91)92/h6-13,16-22,24-25,31-34,37-40,48-49,51H,14-15,23,26-30,35-36H2,1-5H3,(H,67,82)(H,68,84)(H,69,86)(H,70,83)(H,71,87)(H,72,89)(H,73,85)(H,75,88)/t48-,49+,51+/m1/s1. The Labute approximate surface area is 551 Å². The minimum atomic E-state index is -4.37. The second-order valence-corrected chi connectivity index (χ2v) is 24.6. The number of anilines is 4. The van der Waals surface area contributed by atoms with Crippen LogP contribution in [0.15, 0.2) is 157 Å². The minimum Gasteiger partial charge on any atom is -0.464 e. The van der Waals surface area contributed by atoms with Gasteiger partial charge >= 0.3 is 5.97 Å². The Morgan fingerprint density at radius 2 is 1.19 bits per heavy atom. The van der Waals surface area contributed by atoms with Crippen molar-refractivity contribution in [2.75, 3.05) is 48.0 Å². The summed E-state index contributed by atoms with van der Waals surface area (Å²) in [6, 6.07) is 32.2. The highest BCUT2D eigenvalue weighted by molar-refractivity contribution is 7.89. The molecular formula is C66H71N15O14S. The van der Waals surface area contributed by atoms with Gasteiger partial charge in [0.1, 0.15) is 23.1 Å². The number of sulfonamides is 1. The molecule has 9 rings (SSSR count). The molecule has 1 fully saturated rings. The SMILES string of the molecule is COC(=O)c1cc(NC(=O)c2cc(NC(=O)c3nc(NC(=O)c4cc(NC(=O)CCNC(=O)CCNC(=O)c5cccc(C(=O)N[C@@H](CCCCN([C@H]6C[C@@H]6c6ccccc6)S(=O)(=O)c6ccccc6[N+](=O)[O-])C(=O)NCc6ccccc6)c5)cn4C)cn3C)cn2C)cn1C. The number of ether oxygens (including phenoxy) is 1. The number of hydrogen-bond acceptors (Lipinski definition) is 15. The molecule has 1 aliphatic carbocycles. The number of para-hydroxylation sites is 1. The van der Waals surface area contributed by atoms with Crippen molar-refractivity contribution in [3.63, 3.8) is 0 Å². The summed E-state index contributed by atoms with van der Waals surface area (Å²) in [5, 5.41) is 33.7. The number of nitro benzene ring substituents is 1. The normalized spacial score (nSPS) is 13.6. The maximum absolute atomic E-state index is 14.3. The van der Waals surface area contributed by atoms with E-state index in [-0.39, 0.29) is 115 Å². The zero-order chi connectivity index (χ0) is 68.8. The molecule has 29 nitrogen and oxygen atoms in total. The summed E-state index contributed by atoms with van der Waals surface area (Å²) in [4.78, 5) is 134. The van der Waals surface area contributed by atoms with E-state index >= 15 is 0 Å². The zero-order valence-electron chi connectivity index (χ0n) is 53.0. The van der Waals surface area contributed by atoms with E-state index in [0.29, 0.717) is 12.1 Å². The van der Waals surface area contributed by atoms with Gasteiger partial charge in [0, 0.05) is 121 Å². The van der Waals surface area contributed by atoms with Crippen molar-refractivity contribution < 1.29 is 61.2 Å². The molecule has 1 aliphatic rings. The van der Waals surface area contributed by atoms with Gasteiger partial charge in [-0.3, -0.25) is 48.5 Å². The number of amides is 8. The van der Waals surface area contributed by atoms with Crippen LogP contribution in [-0.2, 0) is 63.9 Å². The fourth-order valence-electron chi connectivity index (χ4n) is 10.8. The molecule has 0 bridgehead atoms. The molecular weight excluding hydrogens is 1260 g/mol. The molecule has 30 heteroatoms. The van der Waals surface area contributed by atoms with Crippen molar-refractivity contribution in [2.45, 2.75) is 68.0 Å². The van der Waals surface area contributed by atoms with E-state index in [2.05, 4.69) is 47.5 Å². The van der Waals surface area contributed by atoms with Crippen LogP contribution in [0.1, 0.15) is 118 Å². The summed E-state index contributed by atoms with van der Waals surface area (Å²) in [5.41, 5.74) is 2.78. The summed E-state index contributed by atoms with van der Waals surface area (Å²) in [5.74, 6) is -5.25. The maximum atomic E-state index is 14.3. The van der Waals surface area contributed by atoms with Crippen LogP contribution in [0.5, 0.6) is 0 Å². The van der Waals surface area contributed by atoms with Crippen LogP contribution in [-0.4, -0.2) is 133 Å². The second-order valence-electron chi connectivity index (χ2n) is 22.7. The maximum Gasteiger partial charge on any atom is 0.354 e. The molecule has 3 atom stereocenters. The highest BCUT2D eigenvalue weighted by atomic mass is 32.2. The van der Waals surface area contributed by atoms with Crippen molar-refractivity contribution in [3.8, 4) is 0 Å². The van der Waals surface area contributed by atoms with Gasteiger partial charge in [-0.1, -0.05) is 78.9 Å². The number of hydrogen-bond donors (Lipinski definition) is 8. The molecule has 0 radical (unpaired) electrons. The Bertz CT molecular complexity index is 4370. The number of aromatic nitrogens is 5. The van der Waals surface area contributed by atoms with Gasteiger partial charge in [-0.2, -0.15) is 4.31 Å². The van der Waals surface area contributed by atoms with Gasteiger partial charge in [-0.15, -0.1) is 0 Å². The predicted molar refractivity (Wildman–Crippen MR) is 352 cm³/mol. The van der Waals surface area contributed by atoms with Crippen LogP contribution < -0.4 is 42.5 Å². The number of esters is 1. The van der Waals surface area contributed by atoms with Crippen molar-refractivity contribution in [1.29, 1.82) is 0 Å². The molecule has 1 saturated carbocycles. The van der Waals surface area contributed by atoms with Crippen LogP contribution in [0.3, 0.4) is 0 Å². The van der Waals surface area contributed by atoms with Gasteiger partial charge in [-0.25, -0.2) is 18.2 Å². The molecule has 4 aromatic carbocycles. The van der Waals surface area contributed by atoms with Crippen molar-refractivity contribution in [2.24, 2.45) is 28.2 Å². The van der Waals surface area contributed by atoms with Gasteiger partial charge in [-0.05, 0) is 79.3 Å². The van der Waals surface area contributed by atoms with Crippen LogP contribution in [0.2, 0.25) is 0 Å². The number of nitrogens with zero attached hydrogens (tertiary/aromatic N) is 7. The highest BCUT2D eigenvalue weighted by Crippen LogP contribution is 2.47. The Hall–Kier alpha value is -11.5. The monoisotopic (exact) mass is 1330 g/mol. The third kappa shape index (κ3) is 17.4.